The van der Waals surface area contributed by atoms with Crippen LogP contribution in [0.3, 0.4) is 0 Å². The molecule has 2 fully saturated rings. The fourth-order valence-corrected chi connectivity index (χ4v) is 4.59. The van der Waals surface area contributed by atoms with E-state index >= 15 is 0 Å². The second kappa shape index (κ2) is 11.5. The highest BCUT2D eigenvalue weighted by molar-refractivity contribution is 6.25. The number of hydrogen-bond donors (Lipinski definition) is 2. The number of morpholine rings is 1. The monoisotopic (exact) mass is 530 g/mol. The van der Waals surface area contributed by atoms with Crippen LogP contribution in [0.5, 0.6) is 0 Å². The molecular formula is C26H34N4O8. The second-order valence-corrected chi connectivity index (χ2v) is 10.4. The Balaban J connectivity index is 1.24. The summed E-state index contributed by atoms with van der Waals surface area (Å²) in [6.07, 6.45) is 0.180. The number of hydrogen-bond acceptors (Lipinski definition) is 9. The van der Waals surface area contributed by atoms with Crippen molar-refractivity contribution in [2.75, 3.05) is 44.8 Å². The number of benzene rings is 1. The molecule has 38 heavy (non-hydrogen) atoms. The van der Waals surface area contributed by atoms with Crippen molar-refractivity contribution in [1.82, 2.24) is 15.1 Å². The lowest BCUT2D eigenvalue weighted by Crippen LogP contribution is -2.54. The van der Waals surface area contributed by atoms with E-state index in [4.69, 9.17) is 14.2 Å². The van der Waals surface area contributed by atoms with E-state index in [1.807, 2.05) is 20.8 Å². The van der Waals surface area contributed by atoms with Gasteiger partial charge in [-0.2, -0.15) is 0 Å². The number of fused-ring (bicyclic) bond motifs is 1. The molecule has 0 radical (unpaired) electrons. The third kappa shape index (κ3) is 6.30. The first-order valence-corrected chi connectivity index (χ1v) is 12.8. The summed E-state index contributed by atoms with van der Waals surface area (Å²) < 4.78 is 16.9. The molecule has 2 N–H and O–H groups in total. The molecule has 0 saturated carbocycles. The van der Waals surface area contributed by atoms with Crippen molar-refractivity contribution in [3.63, 3.8) is 0 Å². The first-order chi connectivity index (χ1) is 18.0. The van der Waals surface area contributed by atoms with Crippen molar-refractivity contribution >= 4 is 35.4 Å². The number of carbonyl (C=O) groups is 5. The predicted octanol–water partition coefficient (Wildman–Crippen LogP) is 1.54. The molecule has 206 valence electrons. The standard InChI is InChI=1S/C26H34N4O8/c1-26(2,3)38-25(35)29-11-13-37-16(14-29)15-36-12-5-10-27-18-7-4-6-17-21(18)24(34)30(23(17)33)19-8-9-20(31)28-22(19)32/h4,6-7,16,19,27H,5,8-15H2,1-3H3,(H,28,31,32)/t16-,19?/m0/s1. The van der Waals surface area contributed by atoms with Crippen LogP contribution < -0.4 is 10.6 Å². The topological polar surface area (TPSA) is 144 Å². The summed E-state index contributed by atoms with van der Waals surface area (Å²) in [5.74, 6) is -2.15. The molecule has 3 aliphatic heterocycles. The number of rotatable bonds is 8. The average Bonchev–Trinajstić information content (AvgIpc) is 3.11. The van der Waals surface area contributed by atoms with Crippen LogP contribution in [0.2, 0.25) is 0 Å². The zero-order chi connectivity index (χ0) is 27.4. The normalized spacial score (nSPS) is 21.9. The van der Waals surface area contributed by atoms with Crippen LogP contribution in [0.4, 0.5) is 10.5 Å². The van der Waals surface area contributed by atoms with Crippen molar-refractivity contribution in [2.45, 2.75) is 57.8 Å². The van der Waals surface area contributed by atoms with Gasteiger partial charge in [-0.3, -0.25) is 29.4 Å². The second-order valence-electron chi connectivity index (χ2n) is 10.4. The molecule has 12 heteroatoms. The summed E-state index contributed by atoms with van der Waals surface area (Å²) in [7, 11) is 0. The lowest BCUT2D eigenvalue weighted by Gasteiger charge is -2.34. The van der Waals surface area contributed by atoms with Gasteiger partial charge >= 0.3 is 6.09 Å². The Morgan fingerprint density at radius 3 is 2.71 bits per heavy atom. The third-order valence-electron chi connectivity index (χ3n) is 6.34. The summed E-state index contributed by atoms with van der Waals surface area (Å²) >= 11 is 0. The first kappa shape index (κ1) is 27.5. The van der Waals surface area contributed by atoms with E-state index in [0.717, 1.165) is 4.90 Å². The van der Waals surface area contributed by atoms with Crippen molar-refractivity contribution in [3.05, 3.63) is 29.3 Å². The molecule has 3 aliphatic rings. The quantitative estimate of drug-likeness (QED) is 0.378. The molecule has 12 nitrogen and oxygen atoms in total. The van der Waals surface area contributed by atoms with Crippen molar-refractivity contribution in [3.8, 4) is 0 Å². The van der Waals surface area contributed by atoms with Crippen LogP contribution in [0.25, 0.3) is 0 Å². The van der Waals surface area contributed by atoms with Gasteiger partial charge in [-0.05, 0) is 45.7 Å². The molecule has 2 atom stereocenters. The van der Waals surface area contributed by atoms with Gasteiger partial charge in [0.1, 0.15) is 11.6 Å². The Morgan fingerprint density at radius 2 is 1.97 bits per heavy atom. The van der Waals surface area contributed by atoms with Crippen LogP contribution >= 0.6 is 0 Å². The van der Waals surface area contributed by atoms with E-state index < -0.39 is 35.3 Å². The Bertz CT molecular complexity index is 1110. The SMILES string of the molecule is CC(C)(C)OC(=O)N1CCO[C@H](COCCCNc2cccc3c2C(=O)N(C2CCC(=O)NC2=O)C3=O)C1. The fourth-order valence-electron chi connectivity index (χ4n) is 4.59. The Hall–Kier alpha value is -3.51. The van der Waals surface area contributed by atoms with Crippen LogP contribution in [0.1, 0.15) is 60.7 Å². The molecule has 1 aromatic rings. The van der Waals surface area contributed by atoms with Gasteiger partial charge in [0.2, 0.25) is 11.8 Å². The number of nitrogens with one attached hydrogen (secondary N) is 2. The number of amides is 5. The Labute approximate surface area is 220 Å². The zero-order valence-electron chi connectivity index (χ0n) is 21.9. The maximum absolute atomic E-state index is 13.1. The Kier molecular flexibility index (Phi) is 8.32. The number of nitrogens with zero attached hydrogens (tertiary/aromatic N) is 2. The maximum Gasteiger partial charge on any atom is 0.410 e. The average molecular weight is 531 g/mol. The molecular weight excluding hydrogens is 496 g/mol. The summed E-state index contributed by atoms with van der Waals surface area (Å²) in [6.45, 7) is 7.98. The lowest BCUT2D eigenvalue weighted by molar-refractivity contribution is -0.136. The summed E-state index contributed by atoms with van der Waals surface area (Å²) in [5, 5.41) is 5.38. The minimum atomic E-state index is -1.01. The number of ether oxygens (including phenoxy) is 3. The molecule has 0 bridgehead atoms. The van der Waals surface area contributed by atoms with Crippen molar-refractivity contribution < 1.29 is 38.2 Å². The fraction of sp³-hybridized carbons (Fsp3) is 0.577. The van der Waals surface area contributed by atoms with Crippen molar-refractivity contribution in [2.24, 2.45) is 0 Å². The molecule has 4 rings (SSSR count). The third-order valence-corrected chi connectivity index (χ3v) is 6.34. The number of carbonyl (C=O) groups excluding carboxylic acids is 5. The van der Waals surface area contributed by atoms with E-state index in [0.29, 0.717) is 51.6 Å². The Morgan fingerprint density at radius 1 is 1.18 bits per heavy atom. The highest BCUT2D eigenvalue weighted by Gasteiger charge is 2.45. The molecule has 0 spiro atoms. The van der Waals surface area contributed by atoms with Crippen LogP contribution in [-0.2, 0) is 23.8 Å². The largest absolute Gasteiger partial charge is 0.444 e. The molecule has 5 amide bonds. The van der Waals surface area contributed by atoms with Gasteiger partial charge in [-0.1, -0.05) is 6.07 Å². The van der Waals surface area contributed by atoms with E-state index in [1.54, 1.807) is 23.1 Å². The van der Waals surface area contributed by atoms with E-state index in [2.05, 4.69) is 10.6 Å². The highest BCUT2D eigenvalue weighted by atomic mass is 16.6. The lowest BCUT2D eigenvalue weighted by atomic mass is 10.0. The summed E-state index contributed by atoms with van der Waals surface area (Å²) in [6, 6.07) is 3.93. The minimum Gasteiger partial charge on any atom is -0.444 e. The van der Waals surface area contributed by atoms with Gasteiger partial charge in [0.15, 0.2) is 0 Å². The van der Waals surface area contributed by atoms with E-state index in [9.17, 15) is 24.0 Å². The molecule has 0 aliphatic carbocycles. The summed E-state index contributed by atoms with van der Waals surface area (Å²) in [4.78, 5) is 64.7. The van der Waals surface area contributed by atoms with Crippen LogP contribution in [0, 0.1) is 0 Å². The van der Waals surface area contributed by atoms with E-state index in [-0.39, 0.29) is 36.2 Å². The highest BCUT2D eigenvalue weighted by Crippen LogP contribution is 2.32. The van der Waals surface area contributed by atoms with Crippen LogP contribution in [0.15, 0.2) is 18.2 Å². The zero-order valence-corrected chi connectivity index (χ0v) is 21.9. The predicted molar refractivity (Wildman–Crippen MR) is 135 cm³/mol. The van der Waals surface area contributed by atoms with Gasteiger partial charge in [0.25, 0.3) is 11.8 Å². The molecule has 3 heterocycles. The first-order valence-electron chi connectivity index (χ1n) is 12.8. The van der Waals surface area contributed by atoms with Crippen LogP contribution in [-0.4, -0.2) is 96.7 Å². The van der Waals surface area contributed by atoms with Gasteiger partial charge in [0.05, 0.1) is 37.0 Å². The smallest absolute Gasteiger partial charge is 0.410 e. The molecule has 1 aromatic carbocycles. The number of piperidine rings is 1. The van der Waals surface area contributed by atoms with E-state index in [1.165, 1.54) is 0 Å². The molecule has 2 saturated heterocycles. The molecule has 1 unspecified atom stereocenters. The van der Waals surface area contributed by atoms with Gasteiger partial charge < -0.3 is 24.4 Å². The molecule has 0 aromatic heterocycles. The maximum atomic E-state index is 13.1. The number of imide groups is 2. The van der Waals surface area contributed by atoms with Gasteiger partial charge in [0, 0.05) is 31.8 Å². The summed E-state index contributed by atoms with van der Waals surface area (Å²) in [5.41, 5.74) is 0.388. The number of anilines is 1. The van der Waals surface area contributed by atoms with Crippen molar-refractivity contribution in [1.29, 1.82) is 0 Å². The minimum absolute atomic E-state index is 0.0693. The van der Waals surface area contributed by atoms with Gasteiger partial charge in [-0.25, -0.2) is 4.79 Å². The van der Waals surface area contributed by atoms with Gasteiger partial charge in [-0.15, -0.1) is 0 Å².